The molecule has 0 radical (unpaired) electrons. The van der Waals surface area contributed by atoms with Gasteiger partial charge in [0.05, 0.1) is 0 Å². The lowest BCUT2D eigenvalue weighted by Crippen LogP contribution is -2.02. The molecule has 0 unspecified atom stereocenters. The normalized spacial score (nSPS) is 11.3. The average Bonchev–Trinajstić information content (AvgIpc) is 3.26. The van der Waals surface area contributed by atoms with Gasteiger partial charge >= 0.3 is 0 Å². The molecule has 3 aromatic carbocycles. The number of unbranched alkanes of at least 4 members (excludes halogenated alkanes) is 3. The molecule has 0 atom stereocenters. The Kier molecular flexibility index (Phi) is 8.04. The maximum atomic E-state index is 13.4. The van der Waals surface area contributed by atoms with Crippen LogP contribution in [0.3, 0.4) is 0 Å². The van der Waals surface area contributed by atoms with E-state index in [0.29, 0.717) is 12.2 Å². The topological polar surface area (TPSA) is 38.7 Å². The number of aliphatic imine (C=N–C) groups is 1. The fourth-order valence-electron chi connectivity index (χ4n) is 3.82. The molecule has 4 heteroatoms. The van der Waals surface area contributed by atoms with E-state index in [1.807, 2.05) is 79.0 Å². The van der Waals surface area contributed by atoms with Crippen molar-refractivity contribution in [2.45, 2.75) is 32.6 Å². The number of hydrogen-bond acceptors (Lipinski definition) is 4. The lowest BCUT2D eigenvalue weighted by Gasteiger charge is -2.07. The summed E-state index contributed by atoms with van der Waals surface area (Å²) in [6, 6.07) is 25.6. The number of thiophene rings is 1. The fourth-order valence-corrected chi connectivity index (χ4v) is 5.02. The van der Waals surface area contributed by atoms with Gasteiger partial charge in [-0.3, -0.25) is 9.79 Å². The molecule has 4 rings (SSSR count). The first-order valence-corrected chi connectivity index (χ1v) is 12.4. The van der Waals surface area contributed by atoms with E-state index >= 15 is 0 Å². The number of ketones is 1. The molecular weight excluding hydrogens is 426 g/mol. The van der Waals surface area contributed by atoms with E-state index < -0.39 is 0 Å². The summed E-state index contributed by atoms with van der Waals surface area (Å²) in [4.78, 5) is 18.8. The molecule has 1 aromatic heterocycles. The molecule has 33 heavy (non-hydrogen) atoms. The van der Waals surface area contributed by atoms with Crippen LogP contribution < -0.4 is 4.74 Å². The molecule has 0 spiro atoms. The van der Waals surface area contributed by atoms with Crippen molar-refractivity contribution < 1.29 is 9.53 Å². The highest BCUT2D eigenvalue weighted by Gasteiger charge is 2.21. The highest BCUT2D eigenvalue weighted by atomic mass is 32.1. The van der Waals surface area contributed by atoms with Crippen molar-refractivity contribution in [2.24, 2.45) is 4.99 Å². The van der Waals surface area contributed by atoms with Gasteiger partial charge in [-0.2, -0.15) is 0 Å². The standard InChI is InChI=1S/C29H29NO2S/c1-2-3-4-10-19-30-20-21-32-24-17-15-23(16-18-24)29-27(25-13-8-9-14-26(25)33-29)28(31)22-11-6-5-7-12-22/h5-9,11-18,20H,2-4,10,19,21H2,1H3. The number of carbonyl (C=O) groups excluding carboxylic acids is 1. The van der Waals surface area contributed by atoms with Crippen molar-refractivity contribution >= 4 is 33.4 Å². The van der Waals surface area contributed by atoms with Crippen LogP contribution in [-0.4, -0.2) is 25.1 Å². The SMILES string of the molecule is CCCCCCN=CCOc1ccc(-c2sc3ccccc3c2C(=O)c2ccccc2)cc1. The Balaban J connectivity index is 1.50. The Bertz CT molecular complexity index is 1210. The number of benzene rings is 3. The number of hydrogen-bond donors (Lipinski definition) is 0. The molecule has 0 saturated carbocycles. The van der Waals surface area contributed by atoms with Crippen LogP contribution in [0.1, 0.15) is 48.5 Å². The molecule has 0 saturated heterocycles. The minimum atomic E-state index is 0.0542. The Morgan fingerprint density at radius 3 is 2.45 bits per heavy atom. The Morgan fingerprint density at radius 2 is 1.67 bits per heavy atom. The summed E-state index contributed by atoms with van der Waals surface area (Å²) in [6.07, 6.45) is 6.74. The third kappa shape index (κ3) is 5.77. The zero-order chi connectivity index (χ0) is 22.9. The number of nitrogens with zero attached hydrogens (tertiary/aromatic N) is 1. The Labute approximate surface area is 199 Å². The summed E-state index contributed by atoms with van der Waals surface area (Å²) in [5.41, 5.74) is 2.49. The molecule has 0 amide bonds. The highest BCUT2D eigenvalue weighted by molar-refractivity contribution is 7.22. The minimum Gasteiger partial charge on any atom is -0.488 e. The predicted octanol–water partition coefficient (Wildman–Crippen LogP) is 7.83. The first-order chi connectivity index (χ1) is 16.3. The zero-order valence-electron chi connectivity index (χ0n) is 19.0. The lowest BCUT2D eigenvalue weighted by molar-refractivity contribution is 0.104. The third-order valence-electron chi connectivity index (χ3n) is 5.57. The molecule has 4 aromatic rings. The molecule has 168 valence electrons. The van der Waals surface area contributed by atoms with Crippen LogP contribution in [0, 0.1) is 0 Å². The molecule has 0 aliphatic heterocycles. The number of fused-ring (bicyclic) bond motifs is 1. The number of carbonyl (C=O) groups is 1. The van der Waals surface area contributed by atoms with E-state index in [2.05, 4.69) is 18.0 Å². The summed E-state index contributed by atoms with van der Waals surface area (Å²) < 4.78 is 6.93. The van der Waals surface area contributed by atoms with E-state index in [0.717, 1.165) is 44.8 Å². The number of ether oxygens (including phenoxy) is 1. The lowest BCUT2D eigenvalue weighted by atomic mass is 9.98. The molecule has 0 aliphatic rings. The zero-order valence-corrected chi connectivity index (χ0v) is 19.8. The predicted molar refractivity (Wildman–Crippen MR) is 140 cm³/mol. The van der Waals surface area contributed by atoms with Crippen molar-refractivity contribution in [1.29, 1.82) is 0 Å². The highest BCUT2D eigenvalue weighted by Crippen LogP contribution is 2.40. The van der Waals surface area contributed by atoms with Gasteiger partial charge in [-0.25, -0.2) is 0 Å². The van der Waals surface area contributed by atoms with Gasteiger partial charge in [-0.05, 0) is 42.3 Å². The fraction of sp³-hybridized carbons (Fsp3) is 0.241. The average molecular weight is 456 g/mol. The Morgan fingerprint density at radius 1 is 0.909 bits per heavy atom. The van der Waals surface area contributed by atoms with Crippen molar-refractivity contribution in [2.75, 3.05) is 13.2 Å². The second-order valence-corrected chi connectivity index (χ2v) is 9.03. The van der Waals surface area contributed by atoms with Crippen molar-refractivity contribution in [3.8, 4) is 16.2 Å². The van der Waals surface area contributed by atoms with Crippen LogP contribution in [-0.2, 0) is 0 Å². The van der Waals surface area contributed by atoms with Crippen LogP contribution in [0.15, 0.2) is 83.9 Å². The summed E-state index contributed by atoms with van der Waals surface area (Å²) in [5, 5.41) is 1.00. The molecular formula is C29H29NO2S. The van der Waals surface area contributed by atoms with E-state index in [9.17, 15) is 4.79 Å². The first kappa shape index (κ1) is 22.9. The Hall–Kier alpha value is -3.24. The third-order valence-corrected chi connectivity index (χ3v) is 6.79. The minimum absolute atomic E-state index is 0.0542. The van der Waals surface area contributed by atoms with Gasteiger partial charge in [0.1, 0.15) is 12.4 Å². The molecule has 0 bridgehead atoms. The van der Waals surface area contributed by atoms with Gasteiger partial charge in [-0.1, -0.05) is 74.7 Å². The summed E-state index contributed by atoms with van der Waals surface area (Å²) >= 11 is 1.66. The molecule has 3 nitrogen and oxygen atoms in total. The van der Waals surface area contributed by atoms with Crippen LogP contribution in [0.25, 0.3) is 20.5 Å². The second kappa shape index (κ2) is 11.6. The van der Waals surface area contributed by atoms with E-state index in [1.54, 1.807) is 11.3 Å². The van der Waals surface area contributed by atoms with E-state index in [1.165, 1.54) is 19.3 Å². The van der Waals surface area contributed by atoms with Crippen molar-refractivity contribution in [1.82, 2.24) is 0 Å². The van der Waals surface area contributed by atoms with E-state index in [-0.39, 0.29) is 5.78 Å². The molecule has 0 aliphatic carbocycles. The largest absolute Gasteiger partial charge is 0.488 e. The van der Waals surface area contributed by atoms with Crippen molar-refractivity contribution in [3.05, 3.63) is 90.0 Å². The first-order valence-electron chi connectivity index (χ1n) is 11.6. The quantitative estimate of drug-likeness (QED) is 0.131. The smallest absolute Gasteiger partial charge is 0.195 e. The van der Waals surface area contributed by atoms with Crippen LogP contribution >= 0.6 is 11.3 Å². The van der Waals surface area contributed by atoms with Gasteiger partial charge in [-0.15, -0.1) is 11.3 Å². The summed E-state index contributed by atoms with van der Waals surface area (Å²) in [7, 11) is 0. The summed E-state index contributed by atoms with van der Waals surface area (Å²) in [5.74, 6) is 0.853. The molecule has 0 fully saturated rings. The van der Waals surface area contributed by atoms with Crippen molar-refractivity contribution in [3.63, 3.8) is 0 Å². The maximum absolute atomic E-state index is 13.4. The van der Waals surface area contributed by atoms with Crippen LogP contribution in [0.5, 0.6) is 5.75 Å². The monoisotopic (exact) mass is 455 g/mol. The molecule has 0 N–H and O–H groups in total. The van der Waals surface area contributed by atoms with Crippen LogP contribution in [0.2, 0.25) is 0 Å². The van der Waals surface area contributed by atoms with Crippen LogP contribution in [0.4, 0.5) is 0 Å². The van der Waals surface area contributed by atoms with Gasteiger partial charge < -0.3 is 4.74 Å². The van der Waals surface area contributed by atoms with Gasteiger partial charge in [0.15, 0.2) is 5.78 Å². The van der Waals surface area contributed by atoms with E-state index in [4.69, 9.17) is 4.74 Å². The maximum Gasteiger partial charge on any atom is 0.195 e. The van der Waals surface area contributed by atoms with Gasteiger partial charge in [0.25, 0.3) is 0 Å². The molecule has 1 heterocycles. The van der Waals surface area contributed by atoms with Gasteiger partial charge in [0, 0.05) is 38.8 Å². The number of rotatable bonds is 11. The van der Waals surface area contributed by atoms with Gasteiger partial charge in [0.2, 0.25) is 0 Å². The second-order valence-electron chi connectivity index (χ2n) is 7.98. The summed E-state index contributed by atoms with van der Waals surface area (Å²) in [6.45, 7) is 3.55.